The first-order valence-corrected chi connectivity index (χ1v) is 6.75. The standard InChI is InChI=1S/C12H23N7/c1-5-9-7-6-8(2)19(9)12-15-10(17-13)14-11(16-12)18(3)4/h8-9H,5-7,13H2,1-4H3,(H,14,15,16,17). The first kappa shape index (κ1) is 13.8. The van der Waals surface area contributed by atoms with Gasteiger partial charge in [0.2, 0.25) is 17.8 Å². The van der Waals surface area contributed by atoms with Crippen LogP contribution in [0.2, 0.25) is 0 Å². The second kappa shape index (κ2) is 5.56. The van der Waals surface area contributed by atoms with E-state index in [2.05, 4.69) is 39.1 Å². The van der Waals surface area contributed by atoms with Crippen molar-refractivity contribution in [1.29, 1.82) is 0 Å². The highest BCUT2D eigenvalue weighted by atomic mass is 15.4. The molecule has 1 aliphatic rings. The Morgan fingerprint density at radius 3 is 2.63 bits per heavy atom. The summed E-state index contributed by atoms with van der Waals surface area (Å²) in [7, 11) is 3.81. The van der Waals surface area contributed by atoms with Crippen molar-refractivity contribution in [3.8, 4) is 0 Å². The Hall–Kier alpha value is -1.63. The summed E-state index contributed by atoms with van der Waals surface area (Å²) in [6, 6.07) is 0.950. The predicted molar refractivity (Wildman–Crippen MR) is 77.2 cm³/mol. The van der Waals surface area contributed by atoms with Gasteiger partial charge in [-0.2, -0.15) is 15.0 Å². The third-order valence-corrected chi connectivity index (χ3v) is 3.63. The number of aromatic nitrogens is 3. The fraction of sp³-hybridized carbons (Fsp3) is 0.750. The number of hydrogen-bond donors (Lipinski definition) is 2. The summed E-state index contributed by atoms with van der Waals surface area (Å²) in [5.74, 6) is 7.18. The number of nitrogen functional groups attached to an aromatic ring is 1. The summed E-state index contributed by atoms with van der Waals surface area (Å²) >= 11 is 0. The summed E-state index contributed by atoms with van der Waals surface area (Å²) in [6.45, 7) is 4.41. The Bertz CT molecular complexity index is 434. The fourth-order valence-corrected chi connectivity index (χ4v) is 2.57. The SMILES string of the molecule is CCC1CCC(C)N1c1nc(NN)nc(N(C)C)n1. The first-order valence-electron chi connectivity index (χ1n) is 6.75. The van der Waals surface area contributed by atoms with Crippen LogP contribution in [0.15, 0.2) is 0 Å². The van der Waals surface area contributed by atoms with Crippen LogP contribution in [0.4, 0.5) is 17.8 Å². The average molecular weight is 265 g/mol. The monoisotopic (exact) mass is 265 g/mol. The molecule has 0 radical (unpaired) electrons. The third-order valence-electron chi connectivity index (χ3n) is 3.63. The number of nitrogens with one attached hydrogen (secondary N) is 1. The van der Waals surface area contributed by atoms with Gasteiger partial charge in [0.15, 0.2) is 0 Å². The van der Waals surface area contributed by atoms with Gasteiger partial charge in [-0.05, 0) is 26.2 Å². The van der Waals surface area contributed by atoms with E-state index in [0.29, 0.717) is 29.9 Å². The molecule has 7 nitrogen and oxygen atoms in total. The summed E-state index contributed by atoms with van der Waals surface area (Å²) < 4.78 is 0. The summed E-state index contributed by atoms with van der Waals surface area (Å²) in [4.78, 5) is 17.3. The Morgan fingerprint density at radius 2 is 2.05 bits per heavy atom. The van der Waals surface area contributed by atoms with Crippen LogP contribution in [0.3, 0.4) is 0 Å². The van der Waals surface area contributed by atoms with Crippen LogP contribution in [0.1, 0.15) is 33.1 Å². The molecule has 1 aromatic heterocycles. The maximum absolute atomic E-state index is 5.45. The van der Waals surface area contributed by atoms with Crippen LogP contribution in [0.25, 0.3) is 0 Å². The molecule has 0 bridgehead atoms. The van der Waals surface area contributed by atoms with Crippen molar-refractivity contribution in [2.75, 3.05) is 29.3 Å². The Balaban J connectivity index is 2.40. The van der Waals surface area contributed by atoms with E-state index in [4.69, 9.17) is 5.84 Å². The van der Waals surface area contributed by atoms with E-state index in [9.17, 15) is 0 Å². The molecule has 2 heterocycles. The molecule has 0 saturated carbocycles. The van der Waals surface area contributed by atoms with Gasteiger partial charge in [-0.25, -0.2) is 5.84 Å². The topological polar surface area (TPSA) is 83.2 Å². The molecule has 0 aliphatic carbocycles. The molecule has 0 amide bonds. The summed E-state index contributed by atoms with van der Waals surface area (Å²) in [5.41, 5.74) is 2.52. The second-order valence-electron chi connectivity index (χ2n) is 5.19. The van der Waals surface area contributed by atoms with Crippen molar-refractivity contribution >= 4 is 17.8 Å². The molecule has 106 valence electrons. The molecular weight excluding hydrogens is 242 g/mol. The fourth-order valence-electron chi connectivity index (χ4n) is 2.57. The van der Waals surface area contributed by atoms with E-state index in [0.717, 1.165) is 6.42 Å². The van der Waals surface area contributed by atoms with Crippen molar-refractivity contribution in [2.24, 2.45) is 5.84 Å². The lowest BCUT2D eigenvalue weighted by Crippen LogP contribution is -2.36. The molecule has 2 atom stereocenters. The molecule has 3 N–H and O–H groups in total. The van der Waals surface area contributed by atoms with Crippen LogP contribution in [-0.4, -0.2) is 41.1 Å². The molecule has 0 aromatic carbocycles. The van der Waals surface area contributed by atoms with Crippen molar-refractivity contribution in [3.05, 3.63) is 0 Å². The number of nitrogens with zero attached hydrogens (tertiary/aromatic N) is 5. The van der Waals surface area contributed by atoms with Gasteiger partial charge >= 0.3 is 0 Å². The lowest BCUT2D eigenvalue weighted by atomic mass is 10.2. The molecule has 2 rings (SSSR count). The van der Waals surface area contributed by atoms with Gasteiger partial charge in [0.05, 0.1) is 0 Å². The maximum atomic E-state index is 5.45. The molecule has 19 heavy (non-hydrogen) atoms. The van der Waals surface area contributed by atoms with Gasteiger partial charge in [0.25, 0.3) is 0 Å². The number of nitrogens with two attached hydrogens (primary N) is 1. The zero-order valence-electron chi connectivity index (χ0n) is 12.1. The van der Waals surface area contributed by atoms with E-state index in [1.54, 1.807) is 0 Å². The molecule has 1 aromatic rings. The molecule has 0 spiro atoms. The molecule has 1 saturated heterocycles. The van der Waals surface area contributed by atoms with E-state index >= 15 is 0 Å². The summed E-state index contributed by atoms with van der Waals surface area (Å²) in [6.07, 6.45) is 3.46. The maximum Gasteiger partial charge on any atom is 0.243 e. The third kappa shape index (κ3) is 2.70. The average Bonchev–Trinajstić information content (AvgIpc) is 2.79. The highest BCUT2D eigenvalue weighted by molar-refractivity contribution is 5.46. The van der Waals surface area contributed by atoms with Crippen molar-refractivity contribution in [2.45, 2.75) is 45.2 Å². The zero-order chi connectivity index (χ0) is 14.0. The van der Waals surface area contributed by atoms with Crippen molar-refractivity contribution in [3.63, 3.8) is 0 Å². The van der Waals surface area contributed by atoms with Gasteiger partial charge < -0.3 is 9.80 Å². The smallest absolute Gasteiger partial charge is 0.243 e. The van der Waals surface area contributed by atoms with E-state index in [-0.39, 0.29) is 0 Å². The van der Waals surface area contributed by atoms with Gasteiger partial charge in [-0.3, -0.25) is 5.43 Å². The molecule has 2 unspecified atom stereocenters. The van der Waals surface area contributed by atoms with Crippen molar-refractivity contribution < 1.29 is 0 Å². The minimum absolute atomic E-state index is 0.405. The van der Waals surface area contributed by atoms with Gasteiger partial charge in [0, 0.05) is 26.2 Å². The van der Waals surface area contributed by atoms with Crippen LogP contribution < -0.4 is 21.1 Å². The molecular formula is C12H23N7. The largest absolute Gasteiger partial charge is 0.347 e. The van der Waals surface area contributed by atoms with Crippen LogP contribution >= 0.6 is 0 Å². The number of hydrazine groups is 1. The van der Waals surface area contributed by atoms with E-state index < -0.39 is 0 Å². The van der Waals surface area contributed by atoms with Crippen LogP contribution in [0.5, 0.6) is 0 Å². The highest BCUT2D eigenvalue weighted by Crippen LogP contribution is 2.30. The first-order chi connectivity index (χ1) is 9.06. The molecule has 1 aliphatic heterocycles. The zero-order valence-corrected chi connectivity index (χ0v) is 12.1. The second-order valence-corrected chi connectivity index (χ2v) is 5.19. The highest BCUT2D eigenvalue weighted by Gasteiger charge is 2.32. The molecule has 7 heteroatoms. The number of hydrogen-bond acceptors (Lipinski definition) is 7. The number of rotatable bonds is 4. The lowest BCUT2D eigenvalue weighted by Gasteiger charge is -2.28. The van der Waals surface area contributed by atoms with E-state index in [1.165, 1.54) is 12.8 Å². The van der Waals surface area contributed by atoms with Crippen LogP contribution in [0, 0.1) is 0 Å². The normalized spacial score (nSPS) is 22.7. The minimum Gasteiger partial charge on any atom is -0.347 e. The van der Waals surface area contributed by atoms with Gasteiger partial charge in [-0.15, -0.1) is 0 Å². The quantitative estimate of drug-likeness (QED) is 0.620. The molecule has 1 fully saturated rings. The van der Waals surface area contributed by atoms with E-state index in [1.807, 2.05) is 19.0 Å². The lowest BCUT2D eigenvalue weighted by molar-refractivity contribution is 0.611. The predicted octanol–water partition coefficient (Wildman–Crippen LogP) is 0.991. The Labute approximate surface area is 114 Å². The Morgan fingerprint density at radius 1 is 1.32 bits per heavy atom. The van der Waals surface area contributed by atoms with Gasteiger partial charge in [-0.1, -0.05) is 6.92 Å². The summed E-state index contributed by atoms with van der Waals surface area (Å²) in [5, 5.41) is 0. The van der Waals surface area contributed by atoms with Gasteiger partial charge in [0.1, 0.15) is 0 Å². The number of anilines is 3. The minimum atomic E-state index is 0.405. The van der Waals surface area contributed by atoms with Crippen molar-refractivity contribution in [1.82, 2.24) is 15.0 Å². The Kier molecular flexibility index (Phi) is 4.04. The van der Waals surface area contributed by atoms with Crippen LogP contribution in [-0.2, 0) is 0 Å².